The van der Waals surface area contributed by atoms with E-state index in [0.717, 1.165) is 30.2 Å². The maximum Gasteiger partial charge on any atom is 0.184 e. The van der Waals surface area contributed by atoms with E-state index in [1.165, 1.54) is 0 Å². The number of aromatic nitrogens is 1. The normalized spacial score (nSPS) is 22.6. The molecule has 0 amide bonds. The third-order valence-electron chi connectivity index (χ3n) is 5.96. The smallest absolute Gasteiger partial charge is 0.184 e. The lowest BCUT2D eigenvalue weighted by Crippen LogP contribution is -2.24. The van der Waals surface area contributed by atoms with Gasteiger partial charge in [0.2, 0.25) is 0 Å². The maximum absolute atomic E-state index is 14.1. The molecule has 1 aromatic heterocycles. The number of Topliss-reactive ketones (excluding diaryl/α,β-unsaturated/α-hetero) is 1. The molecule has 1 heterocycles. The van der Waals surface area contributed by atoms with E-state index in [-0.39, 0.29) is 17.6 Å². The first-order valence-electron chi connectivity index (χ1n) is 9.76. The largest absolute Gasteiger partial charge is 0.325 e. The molecule has 2 aliphatic rings. The van der Waals surface area contributed by atoms with Gasteiger partial charge in [-0.05, 0) is 73.6 Å². The second-order valence-electron chi connectivity index (χ2n) is 7.77. The average molecular weight is 370 g/mol. The van der Waals surface area contributed by atoms with Crippen molar-refractivity contribution in [1.29, 1.82) is 0 Å². The number of nitrogens with zero attached hydrogens (tertiary/aromatic N) is 1. The number of hydrogen-bond acceptors (Lipinski definition) is 3. The molecule has 2 aliphatic carbocycles. The van der Waals surface area contributed by atoms with Crippen LogP contribution in [-0.2, 0) is 6.54 Å². The van der Waals surface area contributed by atoms with E-state index in [1.807, 2.05) is 12.1 Å². The Bertz CT molecular complexity index is 855. The van der Waals surface area contributed by atoms with Gasteiger partial charge in [-0.2, -0.15) is 0 Å². The monoisotopic (exact) mass is 370 g/mol. The summed E-state index contributed by atoms with van der Waals surface area (Å²) in [7, 11) is 0. The van der Waals surface area contributed by atoms with Gasteiger partial charge >= 0.3 is 0 Å². The average Bonchev–Trinajstić information content (AvgIpc) is 3.54. The Hall–Kier alpha value is -2.14. The standard InChI is InChI=1S/C22H24F2N2O/c23-19-3-1-2-17(20(19)24)13-6-8-15(9-7-13)22(27)21-18(14-4-5-14)11-10-16(12-25)26-21/h1-3,10-11,13-15H,4-9,12,25H2. The number of carbonyl (C=O) groups is 1. The third-order valence-corrected chi connectivity index (χ3v) is 5.96. The fourth-order valence-corrected chi connectivity index (χ4v) is 4.24. The van der Waals surface area contributed by atoms with E-state index in [2.05, 4.69) is 4.98 Å². The molecule has 142 valence electrons. The van der Waals surface area contributed by atoms with Crippen LogP contribution in [-0.4, -0.2) is 10.8 Å². The molecule has 3 nitrogen and oxygen atoms in total. The molecule has 0 spiro atoms. The minimum Gasteiger partial charge on any atom is -0.325 e. The molecular formula is C22H24F2N2O. The number of carbonyl (C=O) groups excluding carboxylic acids is 1. The molecule has 1 aromatic carbocycles. The minimum absolute atomic E-state index is 0.0315. The molecule has 2 aromatic rings. The van der Waals surface area contributed by atoms with Crippen molar-refractivity contribution >= 4 is 5.78 Å². The highest BCUT2D eigenvalue weighted by molar-refractivity contribution is 5.97. The van der Waals surface area contributed by atoms with Gasteiger partial charge in [-0.3, -0.25) is 4.79 Å². The van der Waals surface area contributed by atoms with E-state index >= 15 is 0 Å². The first-order chi connectivity index (χ1) is 13.1. The van der Waals surface area contributed by atoms with Crippen LogP contribution in [0.2, 0.25) is 0 Å². The summed E-state index contributed by atoms with van der Waals surface area (Å²) >= 11 is 0. The number of rotatable bonds is 5. The molecule has 2 N–H and O–H groups in total. The second kappa shape index (κ2) is 7.47. The SMILES string of the molecule is NCc1ccc(C2CC2)c(C(=O)C2CCC(c3cccc(F)c3F)CC2)n1. The summed E-state index contributed by atoms with van der Waals surface area (Å²) in [4.78, 5) is 17.7. The number of halogens is 2. The zero-order valence-corrected chi connectivity index (χ0v) is 15.3. The van der Waals surface area contributed by atoms with Crippen molar-refractivity contribution in [2.24, 2.45) is 11.7 Å². The predicted molar refractivity (Wildman–Crippen MR) is 99.5 cm³/mol. The van der Waals surface area contributed by atoms with Crippen molar-refractivity contribution in [2.75, 3.05) is 0 Å². The predicted octanol–water partition coefficient (Wildman–Crippen LogP) is 4.85. The lowest BCUT2D eigenvalue weighted by molar-refractivity contribution is 0.0876. The van der Waals surface area contributed by atoms with Gasteiger partial charge in [0.15, 0.2) is 17.4 Å². The lowest BCUT2D eigenvalue weighted by Gasteiger charge is -2.28. The molecule has 0 saturated heterocycles. The van der Waals surface area contributed by atoms with Crippen LogP contribution in [0.1, 0.15) is 77.7 Å². The number of nitrogens with two attached hydrogens (primary N) is 1. The molecule has 0 bridgehead atoms. The Labute approximate surface area is 158 Å². The van der Waals surface area contributed by atoms with Crippen molar-refractivity contribution < 1.29 is 13.6 Å². The zero-order valence-electron chi connectivity index (χ0n) is 15.3. The Morgan fingerprint density at radius 2 is 1.63 bits per heavy atom. The van der Waals surface area contributed by atoms with Crippen LogP contribution in [0.5, 0.6) is 0 Å². The molecule has 0 unspecified atom stereocenters. The van der Waals surface area contributed by atoms with Crippen LogP contribution in [0.15, 0.2) is 30.3 Å². The molecule has 0 atom stereocenters. The number of hydrogen-bond donors (Lipinski definition) is 1. The maximum atomic E-state index is 14.1. The summed E-state index contributed by atoms with van der Waals surface area (Å²) in [6.07, 6.45) is 4.94. The van der Waals surface area contributed by atoms with Crippen LogP contribution < -0.4 is 5.73 Å². The third kappa shape index (κ3) is 3.65. The summed E-state index contributed by atoms with van der Waals surface area (Å²) < 4.78 is 27.6. The van der Waals surface area contributed by atoms with Gasteiger partial charge in [0.05, 0.1) is 5.69 Å². The highest BCUT2D eigenvalue weighted by Gasteiger charge is 2.34. The summed E-state index contributed by atoms with van der Waals surface area (Å²) in [5.74, 6) is -1.15. The van der Waals surface area contributed by atoms with Crippen LogP contribution in [0.4, 0.5) is 8.78 Å². The summed E-state index contributed by atoms with van der Waals surface area (Å²) in [6.45, 7) is 0.316. The van der Waals surface area contributed by atoms with Crippen LogP contribution in [0.25, 0.3) is 0 Å². The zero-order chi connectivity index (χ0) is 19.0. The molecule has 27 heavy (non-hydrogen) atoms. The van der Waals surface area contributed by atoms with Gasteiger partial charge in [0.1, 0.15) is 5.69 Å². The number of ketones is 1. The number of pyridine rings is 1. The van der Waals surface area contributed by atoms with Crippen molar-refractivity contribution in [3.8, 4) is 0 Å². The van der Waals surface area contributed by atoms with Gasteiger partial charge in [-0.15, -0.1) is 0 Å². The summed E-state index contributed by atoms with van der Waals surface area (Å²) in [5.41, 5.74) is 8.51. The molecular weight excluding hydrogens is 346 g/mol. The van der Waals surface area contributed by atoms with Crippen molar-refractivity contribution in [3.63, 3.8) is 0 Å². The van der Waals surface area contributed by atoms with Gasteiger partial charge in [-0.25, -0.2) is 13.8 Å². The van der Waals surface area contributed by atoms with E-state index in [0.29, 0.717) is 49.4 Å². The quantitative estimate of drug-likeness (QED) is 0.765. The summed E-state index contributed by atoms with van der Waals surface area (Å²) in [5, 5.41) is 0. The fourth-order valence-electron chi connectivity index (χ4n) is 4.24. The first-order valence-corrected chi connectivity index (χ1v) is 9.76. The molecule has 0 radical (unpaired) electrons. The topological polar surface area (TPSA) is 56.0 Å². The van der Waals surface area contributed by atoms with Gasteiger partial charge in [-0.1, -0.05) is 18.2 Å². The van der Waals surface area contributed by atoms with Gasteiger partial charge in [0.25, 0.3) is 0 Å². The Kier molecular flexibility index (Phi) is 5.04. The highest BCUT2D eigenvalue weighted by Crippen LogP contribution is 2.43. The van der Waals surface area contributed by atoms with Gasteiger partial charge < -0.3 is 5.73 Å². The first kappa shape index (κ1) is 18.2. The summed E-state index contributed by atoms with van der Waals surface area (Å²) in [6, 6.07) is 8.27. The Morgan fingerprint density at radius 3 is 2.30 bits per heavy atom. The Morgan fingerprint density at radius 1 is 0.963 bits per heavy atom. The molecule has 2 fully saturated rings. The van der Waals surface area contributed by atoms with Crippen LogP contribution in [0, 0.1) is 17.6 Å². The van der Waals surface area contributed by atoms with Crippen molar-refractivity contribution in [1.82, 2.24) is 4.98 Å². The van der Waals surface area contributed by atoms with Gasteiger partial charge in [0, 0.05) is 12.5 Å². The lowest BCUT2D eigenvalue weighted by atomic mass is 9.76. The molecule has 5 heteroatoms. The van der Waals surface area contributed by atoms with Crippen molar-refractivity contribution in [2.45, 2.75) is 56.9 Å². The fraction of sp³-hybridized carbons (Fsp3) is 0.455. The van der Waals surface area contributed by atoms with E-state index in [9.17, 15) is 13.6 Å². The molecule has 2 saturated carbocycles. The molecule has 4 rings (SSSR count). The Balaban J connectivity index is 1.50. The molecule has 0 aliphatic heterocycles. The highest BCUT2D eigenvalue weighted by atomic mass is 19.2. The van der Waals surface area contributed by atoms with E-state index < -0.39 is 11.6 Å². The second-order valence-corrected chi connectivity index (χ2v) is 7.77. The van der Waals surface area contributed by atoms with Crippen LogP contribution >= 0.6 is 0 Å². The van der Waals surface area contributed by atoms with E-state index in [1.54, 1.807) is 12.1 Å². The van der Waals surface area contributed by atoms with E-state index in [4.69, 9.17) is 5.73 Å². The van der Waals surface area contributed by atoms with Crippen molar-refractivity contribution in [3.05, 3.63) is 64.5 Å². The number of benzene rings is 1. The minimum atomic E-state index is -0.803. The van der Waals surface area contributed by atoms with Crippen LogP contribution in [0.3, 0.4) is 0 Å².